The van der Waals surface area contributed by atoms with Gasteiger partial charge in [-0.05, 0) is 18.2 Å². The molecule has 1 aromatic rings. The number of benzene rings is 1. The Bertz CT molecular complexity index is 410. The molecule has 0 unspecified atom stereocenters. The molecular weight excluding hydrogens is 202 g/mol. The molecule has 0 atom stereocenters. The first-order chi connectivity index (χ1) is 7.63. The van der Waals surface area contributed by atoms with E-state index in [0.29, 0.717) is 24.0 Å². The number of Topliss-reactive ketones (excluding diaryl/α,β-unsaturated/α-hetero) is 2. The molecular formula is C13H17NO2. The first-order valence-electron chi connectivity index (χ1n) is 5.52. The van der Waals surface area contributed by atoms with Crippen molar-refractivity contribution in [1.82, 2.24) is 0 Å². The number of carbonyl (C=O) groups is 2. The number of hydrogen-bond acceptors (Lipinski definition) is 3. The summed E-state index contributed by atoms with van der Waals surface area (Å²) in [6.07, 6.45) is 0.900. The zero-order valence-electron chi connectivity index (χ0n) is 9.96. The van der Waals surface area contributed by atoms with Gasteiger partial charge in [0.1, 0.15) is 0 Å². The second kappa shape index (κ2) is 5.45. The summed E-state index contributed by atoms with van der Waals surface area (Å²) in [6.45, 7) is 3.63. The Morgan fingerprint density at radius 1 is 1.12 bits per heavy atom. The maximum absolute atomic E-state index is 11.7. The van der Waals surface area contributed by atoms with Crippen LogP contribution in [0.15, 0.2) is 18.2 Å². The van der Waals surface area contributed by atoms with Crippen molar-refractivity contribution in [2.24, 2.45) is 0 Å². The molecule has 1 aromatic carbocycles. The Labute approximate surface area is 95.9 Å². The number of anilines is 1. The summed E-state index contributed by atoms with van der Waals surface area (Å²) in [5, 5.41) is 2.96. The Kier molecular flexibility index (Phi) is 4.23. The number of carbonyl (C=O) groups excluding carboxylic acids is 2. The molecule has 0 aliphatic heterocycles. The van der Waals surface area contributed by atoms with Crippen LogP contribution < -0.4 is 5.32 Å². The SMILES string of the molecule is CCC(=O)c1ccc(NC)c(C(=O)CC)c1. The topological polar surface area (TPSA) is 46.2 Å². The van der Waals surface area contributed by atoms with Gasteiger partial charge in [-0.25, -0.2) is 0 Å². The zero-order chi connectivity index (χ0) is 12.1. The molecule has 1 rings (SSSR count). The van der Waals surface area contributed by atoms with Gasteiger partial charge in [0.15, 0.2) is 11.6 Å². The molecule has 86 valence electrons. The average molecular weight is 219 g/mol. The molecule has 0 amide bonds. The van der Waals surface area contributed by atoms with Gasteiger partial charge in [0.2, 0.25) is 0 Å². The number of ketones is 2. The lowest BCUT2D eigenvalue weighted by molar-refractivity contribution is 0.0987. The third-order valence-electron chi connectivity index (χ3n) is 2.55. The van der Waals surface area contributed by atoms with Crippen molar-refractivity contribution >= 4 is 17.3 Å². The standard InChI is InChI=1S/C13H17NO2/c1-4-12(15)9-6-7-11(14-3)10(8-9)13(16)5-2/h6-8,14H,4-5H2,1-3H3. The zero-order valence-corrected chi connectivity index (χ0v) is 9.96. The van der Waals surface area contributed by atoms with Gasteiger partial charge < -0.3 is 5.32 Å². The lowest BCUT2D eigenvalue weighted by Crippen LogP contribution is -2.06. The molecule has 16 heavy (non-hydrogen) atoms. The van der Waals surface area contributed by atoms with E-state index in [0.717, 1.165) is 5.69 Å². The molecule has 1 N–H and O–H groups in total. The van der Waals surface area contributed by atoms with Gasteiger partial charge in [-0.1, -0.05) is 13.8 Å². The highest BCUT2D eigenvalue weighted by molar-refractivity contribution is 6.04. The van der Waals surface area contributed by atoms with Crippen molar-refractivity contribution in [2.45, 2.75) is 26.7 Å². The lowest BCUT2D eigenvalue weighted by atomic mass is 10.0. The van der Waals surface area contributed by atoms with Crippen LogP contribution in [0, 0.1) is 0 Å². The Hall–Kier alpha value is -1.64. The van der Waals surface area contributed by atoms with Crippen molar-refractivity contribution in [3.63, 3.8) is 0 Å². The van der Waals surface area contributed by atoms with Crippen molar-refractivity contribution in [2.75, 3.05) is 12.4 Å². The van der Waals surface area contributed by atoms with Crippen LogP contribution in [0.25, 0.3) is 0 Å². The van der Waals surface area contributed by atoms with E-state index in [1.807, 2.05) is 13.8 Å². The molecule has 0 radical (unpaired) electrons. The van der Waals surface area contributed by atoms with E-state index in [-0.39, 0.29) is 11.6 Å². The second-order valence-corrected chi connectivity index (χ2v) is 3.56. The Morgan fingerprint density at radius 3 is 2.25 bits per heavy atom. The first kappa shape index (κ1) is 12.4. The van der Waals surface area contributed by atoms with Gasteiger partial charge in [0.05, 0.1) is 0 Å². The highest BCUT2D eigenvalue weighted by Gasteiger charge is 2.12. The smallest absolute Gasteiger partial charge is 0.164 e. The highest BCUT2D eigenvalue weighted by atomic mass is 16.1. The number of hydrogen-bond donors (Lipinski definition) is 1. The van der Waals surface area contributed by atoms with Crippen LogP contribution in [0.5, 0.6) is 0 Å². The summed E-state index contributed by atoms with van der Waals surface area (Å²) in [5.41, 5.74) is 1.99. The van der Waals surface area contributed by atoms with Crippen LogP contribution in [0.2, 0.25) is 0 Å². The molecule has 3 heteroatoms. The van der Waals surface area contributed by atoms with E-state index in [1.54, 1.807) is 25.2 Å². The van der Waals surface area contributed by atoms with Gasteiger partial charge >= 0.3 is 0 Å². The summed E-state index contributed by atoms with van der Waals surface area (Å²) in [5.74, 6) is 0.114. The normalized spacial score (nSPS) is 9.94. The van der Waals surface area contributed by atoms with Crippen molar-refractivity contribution in [1.29, 1.82) is 0 Å². The largest absolute Gasteiger partial charge is 0.388 e. The summed E-state index contributed by atoms with van der Waals surface area (Å²) >= 11 is 0. The maximum atomic E-state index is 11.7. The Balaban J connectivity index is 3.21. The summed E-state index contributed by atoms with van der Waals surface area (Å²) in [4.78, 5) is 23.2. The van der Waals surface area contributed by atoms with E-state index in [9.17, 15) is 9.59 Å². The van der Waals surface area contributed by atoms with Crippen molar-refractivity contribution < 1.29 is 9.59 Å². The fourth-order valence-electron chi connectivity index (χ4n) is 1.56. The molecule has 0 fully saturated rings. The predicted molar refractivity (Wildman–Crippen MR) is 65.2 cm³/mol. The van der Waals surface area contributed by atoms with Crippen molar-refractivity contribution in [3.8, 4) is 0 Å². The molecule has 0 spiro atoms. The van der Waals surface area contributed by atoms with E-state index in [1.165, 1.54) is 0 Å². The molecule has 0 saturated heterocycles. The highest BCUT2D eigenvalue weighted by Crippen LogP contribution is 2.19. The van der Waals surface area contributed by atoms with E-state index in [2.05, 4.69) is 5.32 Å². The first-order valence-corrected chi connectivity index (χ1v) is 5.52. The predicted octanol–water partition coefficient (Wildman–Crippen LogP) is 2.91. The molecule has 0 heterocycles. The van der Waals surface area contributed by atoms with Crippen LogP contribution in [0.3, 0.4) is 0 Å². The maximum Gasteiger partial charge on any atom is 0.164 e. The van der Waals surface area contributed by atoms with E-state index < -0.39 is 0 Å². The second-order valence-electron chi connectivity index (χ2n) is 3.56. The molecule has 0 aliphatic carbocycles. The molecule has 0 aromatic heterocycles. The minimum atomic E-state index is 0.0510. The summed E-state index contributed by atoms with van der Waals surface area (Å²) < 4.78 is 0. The monoisotopic (exact) mass is 219 g/mol. The van der Waals surface area contributed by atoms with E-state index in [4.69, 9.17) is 0 Å². The van der Waals surface area contributed by atoms with E-state index >= 15 is 0 Å². The van der Waals surface area contributed by atoms with Gasteiger partial charge in [-0.15, -0.1) is 0 Å². The fraction of sp³-hybridized carbons (Fsp3) is 0.385. The molecule has 0 bridgehead atoms. The summed E-state index contributed by atoms with van der Waals surface area (Å²) in [6, 6.07) is 5.22. The van der Waals surface area contributed by atoms with Crippen LogP contribution in [-0.2, 0) is 0 Å². The van der Waals surface area contributed by atoms with Gasteiger partial charge in [0, 0.05) is 36.7 Å². The Morgan fingerprint density at radius 2 is 1.75 bits per heavy atom. The third kappa shape index (κ3) is 2.48. The molecule has 0 saturated carbocycles. The lowest BCUT2D eigenvalue weighted by Gasteiger charge is -2.09. The van der Waals surface area contributed by atoms with Gasteiger partial charge in [-0.3, -0.25) is 9.59 Å². The van der Waals surface area contributed by atoms with Crippen molar-refractivity contribution in [3.05, 3.63) is 29.3 Å². The van der Waals surface area contributed by atoms with Crippen LogP contribution >= 0.6 is 0 Å². The van der Waals surface area contributed by atoms with Crippen LogP contribution in [-0.4, -0.2) is 18.6 Å². The van der Waals surface area contributed by atoms with Crippen LogP contribution in [0.1, 0.15) is 47.4 Å². The quantitative estimate of drug-likeness (QED) is 0.774. The van der Waals surface area contributed by atoms with Gasteiger partial charge in [0.25, 0.3) is 0 Å². The van der Waals surface area contributed by atoms with Gasteiger partial charge in [-0.2, -0.15) is 0 Å². The number of nitrogens with one attached hydrogen (secondary N) is 1. The third-order valence-corrected chi connectivity index (χ3v) is 2.55. The van der Waals surface area contributed by atoms with Crippen LogP contribution in [0.4, 0.5) is 5.69 Å². The summed E-state index contributed by atoms with van der Waals surface area (Å²) in [7, 11) is 1.77. The minimum Gasteiger partial charge on any atom is -0.388 e. The minimum absolute atomic E-state index is 0.0510. The molecule has 0 aliphatic rings. The molecule has 3 nitrogen and oxygen atoms in total. The number of rotatable bonds is 5. The average Bonchev–Trinajstić information content (AvgIpc) is 2.35. The fourth-order valence-corrected chi connectivity index (χ4v) is 1.56.